The van der Waals surface area contributed by atoms with E-state index in [1.807, 2.05) is 44.2 Å². The number of nitrogens with zero attached hydrogens (tertiary/aromatic N) is 1. The first kappa shape index (κ1) is 15.7. The molecule has 5 nitrogen and oxygen atoms in total. The lowest BCUT2D eigenvalue weighted by molar-refractivity contribution is -0.384. The highest BCUT2D eigenvalue weighted by molar-refractivity contribution is 5.95. The monoisotopic (exact) mass is 298 g/mol. The van der Waals surface area contributed by atoms with Crippen molar-refractivity contribution >= 4 is 17.3 Å². The molecule has 0 spiro atoms. The SMILES string of the molecule is CC(C)(Cc1ccccc1)C(=O)Nc1cccc([N+](=O)[O-])c1. The highest BCUT2D eigenvalue weighted by atomic mass is 16.6. The number of carbonyl (C=O) groups is 1. The van der Waals surface area contributed by atoms with Gasteiger partial charge in [-0.2, -0.15) is 0 Å². The maximum absolute atomic E-state index is 12.4. The summed E-state index contributed by atoms with van der Waals surface area (Å²) in [5, 5.41) is 13.5. The molecule has 0 aliphatic heterocycles. The zero-order valence-corrected chi connectivity index (χ0v) is 12.6. The number of amides is 1. The third-order valence-corrected chi connectivity index (χ3v) is 3.42. The average Bonchev–Trinajstić information content (AvgIpc) is 2.48. The van der Waals surface area contributed by atoms with Gasteiger partial charge in [0.2, 0.25) is 5.91 Å². The van der Waals surface area contributed by atoms with Crippen molar-refractivity contribution < 1.29 is 9.72 Å². The van der Waals surface area contributed by atoms with E-state index in [0.29, 0.717) is 12.1 Å². The zero-order valence-electron chi connectivity index (χ0n) is 12.6. The molecule has 0 aliphatic rings. The fraction of sp³-hybridized carbons (Fsp3) is 0.235. The second-order valence-electron chi connectivity index (χ2n) is 5.81. The molecule has 22 heavy (non-hydrogen) atoms. The molecule has 0 atom stereocenters. The molecular formula is C17H18N2O3. The van der Waals surface area contributed by atoms with Gasteiger partial charge in [-0.1, -0.05) is 50.2 Å². The Morgan fingerprint density at radius 1 is 1.14 bits per heavy atom. The van der Waals surface area contributed by atoms with Crippen LogP contribution in [0.2, 0.25) is 0 Å². The predicted molar refractivity (Wildman–Crippen MR) is 85.7 cm³/mol. The molecule has 0 saturated heterocycles. The molecule has 0 bridgehead atoms. The van der Waals surface area contributed by atoms with Crippen molar-refractivity contribution in [2.24, 2.45) is 5.41 Å². The Hall–Kier alpha value is -2.69. The quantitative estimate of drug-likeness (QED) is 0.674. The molecule has 2 rings (SSSR count). The van der Waals surface area contributed by atoms with Crippen molar-refractivity contribution in [1.29, 1.82) is 0 Å². The van der Waals surface area contributed by atoms with Crippen molar-refractivity contribution in [3.05, 3.63) is 70.3 Å². The van der Waals surface area contributed by atoms with E-state index in [9.17, 15) is 14.9 Å². The highest BCUT2D eigenvalue weighted by Crippen LogP contribution is 2.25. The zero-order chi connectivity index (χ0) is 16.2. The third-order valence-electron chi connectivity index (χ3n) is 3.42. The first-order valence-corrected chi connectivity index (χ1v) is 6.98. The smallest absolute Gasteiger partial charge is 0.271 e. The maximum atomic E-state index is 12.4. The fourth-order valence-electron chi connectivity index (χ4n) is 2.18. The lowest BCUT2D eigenvalue weighted by atomic mass is 9.84. The molecule has 1 amide bonds. The molecule has 5 heteroatoms. The van der Waals surface area contributed by atoms with Gasteiger partial charge in [-0.05, 0) is 18.1 Å². The van der Waals surface area contributed by atoms with Crippen molar-refractivity contribution in [3.63, 3.8) is 0 Å². The number of nitro groups is 1. The summed E-state index contributed by atoms with van der Waals surface area (Å²) in [4.78, 5) is 22.7. The van der Waals surface area contributed by atoms with E-state index in [0.717, 1.165) is 5.56 Å². The Kier molecular flexibility index (Phi) is 4.56. The molecule has 0 unspecified atom stereocenters. The van der Waals surface area contributed by atoms with Crippen LogP contribution in [0.25, 0.3) is 0 Å². The van der Waals surface area contributed by atoms with E-state index in [-0.39, 0.29) is 11.6 Å². The van der Waals surface area contributed by atoms with Gasteiger partial charge in [-0.15, -0.1) is 0 Å². The average molecular weight is 298 g/mol. The van der Waals surface area contributed by atoms with Crippen LogP contribution in [0.1, 0.15) is 19.4 Å². The van der Waals surface area contributed by atoms with Crippen LogP contribution in [0, 0.1) is 15.5 Å². The lowest BCUT2D eigenvalue weighted by Crippen LogP contribution is -2.32. The van der Waals surface area contributed by atoms with Crippen LogP contribution in [-0.4, -0.2) is 10.8 Å². The molecule has 2 aromatic carbocycles. The van der Waals surface area contributed by atoms with E-state index < -0.39 is 10.3 Å². The van der Waals surface area contributed by atoms with E-state index >= 15 is 0 Å². The third kappa shape index (κ3) is 3.91. The van der Waals surface area contributed by atoms with Crippen LogP contribution in [0.15, 0.2) is 54.6 Å². The normalized spacial score (nSPS) is 11.0. The second-order valence-corrected chi connectivity index (χ2v) is 5.81. The Morgan fingerprint density at radius 3 is 2.45 bits per heavy atom. The summed E-state index contributed by atoms with van der Waals surface area (Å²) in [7, 11) is 0. The second kappa shape index (κ2) is 6.39. The van der Waals surface area contributed by atoms with Crippen LogP contribution in [0.5, 0.6) is 0 Å². The van der Waals surface area contributed by atoms with E-state index in [2.05, 4.69) is 5.32 Å². The number of anilines is 1. The van der Waals surface area contributed by atoms with Gasteiger partial charge in [-0.3, -0.25) is 14.9 Å². The molecular weight excluding hydrogens is 280 g/mol. The standard InChI is InChI=1S/C17H18N2O3/c1-17(2,12-13-7-4-3-5-8-13)16(20)18-14-9-6-10-15(11-14)19(21)22/h3-11H,12H2,1-2H3,(H,18,20). The van der Waals surface area contributed by atoms with Crippen LogP contribution >= 0.6 is 0 Å². The summed E-state index contributed by atoms with van der Waals surface area (Å²) in [5.74, 6) is -0.170. The van der Waals surface area contributed by atoms with Gasteiger partial charge in [0.15, 0.2) is 0 Å². The van der Waals surface area contributed by atoms with Gasteiger partial charge >= 0.3 is 0 Å². The van der Waals surface area contributed by atoms with Crippen molar-refractivity contribution in [2.45, 2.75) is 20.3 Å². The molecule has 0 radical (unpaired) electrons. The number of non-ortho nitro benzene ring substituents is 1. The number of nitrogens with one attached hydrogen (secondary N) is 1. The summed E-state index contributed by atoms with van der Waals surface area (Å²) >= 11 is 0. The summed E-state index contributed by atoms with van der Waals surface area (Å²) in [6.07, 6.45) is 0.592. The minimum atomic E-state index is -0.619. The first-order chi connectivity index (χ1) is 10.4. The Balaban J connectivity index is 2.10. The highest BCUT2D eigenvalue weighted by Gasteiger charge is 2.28. The van der Waals surface area contributed by atoms with Crippen LogP contribution < -0.4 is 5.32 Å². The summed E-state index contributed by atoms with van der Waals surface area (Å²) in [6.45, 7) is 3.71. The molecule has 0 aliphatic carbocycles. The Labute approximate surface area is 129 Å². The Bertz CT molecular complexity index is 681. The maximum Gasteiger partial charge on any atom is 0.271 e. The number of carbonyl (C=O) groups excluding carboxylic acids is 1. The number of rotatable bonds is 5. The largest absolute Gasteiger partial charge is 0.325 e. The number of benzene rings is 2. The molecule has 1 N–H and O–H groups in total. The molecule has 0 aromatic heterocycles. The van der Waals surface area contributed by atoms with Gasteiger partial charge in [0.25, 0.3) is 5.69 Å². The summed E-state index contributed by atoms with van der Waals surface area (Å²) in [6, 6.07) is 15.7. The molecule has 0 heterocycles. The molecule has 0 fully saturated rings. The minimum Gasteiger partial charge on any atom is -0.325 e. The molecule has 2 aromatic rings. The fourth-order valence-corrected chi connectivity index (χ4v) is 2.18. The van der Waals surface area contributed by atoms with E-state index in [4.69, 9.17) is 0 Å². The number of nitro benzene ring substituents is 1. The lowest BCUT2D eigenvalue weighted by Gasteiger charge is -2.23. The predicted octanol–water partition coefficient (Wildman–Crippen LogP) is 3.80. The van der Waals surface area contributed by atoms with Crippen LogP contribution in [0.4, 0.5) is 11.4 Å². The van der Waals surface area contributed by atoms with Crippen molar-refractivity contribution in [3.8, 4) is 0 Å². The van der Waals surface area contributed by atoms with Crippen molar-refractivity contribution in [2.75, 3.05) is 5.32 Å². The Morgan fingerprint density at radius 2 is 1.82 bits per heavy atom. The summed E-state index contributed by atoms with van der Waals surface area (Å²) < 4.78 is 0. The van der Waals surface area contributed by atoms with Crippen LogP contribution in [-0.2, 0) is 11.2 Å². The van der Waals surface area contributed by atoms with E-state index in [1.54, 1.807) is 12.1 Å². The first-order valence-electron chi connectivity index (χ1n) is 6.98. The van der Waals surface area contributed by atoms with Gasteiger partial charge in [0.1, 0.15) is 0 Å². The van der Waals surface area contributed by atoms with Gasteiger partial charge in [0.05, 0.1) is 4.92 Å². The van der Waals surface area contributed by atoms with Crippen molar-refractivity contribution in [1.82, 2.24) is 0 Å². The number of hydrogen-bond donors (Lipinski definition) is 1. The van der Waals surface area contributed by atoms with Gasteiger partial charge < -0.3 is 5.32 Å². The molecule has 114 valence electrons. The topological polar surface area (TPSA) is 72.2 Å². The van der Waals surface area contributed by atoms with Gasteiger partial charge in [-0.25, -0.2) is 0 Å². The number of hydrogen-bond acceptors (Lipinski definition) is 3. The van der Waals surface area contributed by atoms with Gasteiger partial charge in [0, 0.05) is 23.2 Å². The van der Waals surface area contributed by atoms with E-state index in [1.165, 1.54) is 12.1 Å². The summed E-state index contributed by atoms with van der Waals surface area (Å²) in [5.41, 5.74) is 0.840. The minimum absolute atomic E-state index is 0.0429. The molecule has 0 saturated carbocycles. The van der Waals surface area contributed by atoms with Crippen LogP contribution in [0.3, 0.4) is 0 Å².